The zero-order valence-electron chi connectivity index (χ0n) is 13.0. The van der Waals surface area contributed by atoms with Crippen molar-refractivity contribution in [2.75, 3.05) is 13.1 Å². The fourth-order valence-corrected chi connectivity index (χ4v) is 2.54. The fraction of sp³-hybridized carbons (Fsp3) is 0.176. The molecular weight excluding hydrogens is 322 g/mol. The normalized spacial score (nSPS) is 14.0. The molecule has 0 spiro atoms. The van der Waals surface area contributed by atoms with Crippen molar-refractivity contribution in [2.24, 2.45) is 0 Å². The number of ether oxygens (including phenoxy) is 1. The highest BCUT2D eigenvalue weighted by Gasteiger charge is 2.34. The van der Waals surface area contributed by atoms with Gasteiger partial charge in [-0.25, -0.2) is 4.98 Å². The van der Waals surface area contributed by atoms with Crippen molar-refractivity contribution >= 4 is 5.91 Å². The molecule has 0 unspecified atom stereocenters. The van der Waals surface area contributed by atoms with Crippen LogP contribution in [0.25, 0.3) is 11.5 Å². The summed E-state index contributed by atoms with van der Waals surface area (Å²) >= 11 is 0. The van der Waals surface area contributed by atoms with Gasteiger partial charge in [-0.05, 0) is 18.2 Å². The summed E-state index contributed by atoms with van der Waals surface area (Å²) in [5.41, 5.74) is 1.47. The van der Waals surface area contributed by atoms with Gasteiger partial charge in [0, 0.05) is 18.3 Å². The Balaban J connectivity index is 1.36. The maximum Gasteiger partial charge on any atom is 0.274 e. The molecule has 8 heteroatoms. The molecule has 0 radical (unpaired) electrons. The highest BCUT2D eigenvalue weighted by atomic mass is 16.5. The number of nitrogens with zero attached hydrogens (tertiary/aromatic N) is 4. The van der Waals surface area contributed by atoms with E-state index in [2.05, 4.69) is 15.2 Å². The van der Waals surface area contributed by atoms with Gasteiger partial charge in [0.1, 0.15) is 11.8 Å². The number of hydrogen-bond donors (Lipinski definition) is 1. The molecule has 3 aromatic heterocycles. The van der Waals surface area contributed by atoms with Gasteiger partial charge in [0.2, 0.25) is 5.88 Å². The molecule has 1 amide bonds. The first-order chi connectivity index (χ1) is 12.2. The van der Waals surface area contributed by atoms with Crippen molar-refractivity contribution in [2.45, 2.75) is 6.10 Å². The molecule has 1 saturated heterocycles. The van der Waals surface area contributed by atoms with Crippen LogP contribution in [0.3, 0.4) is 0 Å². The van der Waals surface area contributed by atoms with E-state index < -0.39 is 0 Å². The molecule has 0 atom stereocenters. The fourth-order valence-electron chi connectivity index (χ4n) is 2.54. The third kappa shape index (κ3) is 2.95. The smallest absolute Gasteiger partial charge is 0.274 e. The molecule has 0 aliphatic carbocycles. The van der Waals surface area contributed by atoms with Crippen LogP contribution in [0.1, 0.15) is 16.1 Å². The van der Waals surface area contributed by atoms with E-state index in [1.807, 2.05) is 6.07 Å². The van der Waals surface area contributed by atoms with E-state index in [1.165, 1.54) is 6.20 Å². The number of nitriles is 1. The molecule has 0 aromatic carbocycles. The van der Waals surface area contributed by atoms with Crippen LogP contribution in [-0.2, 0) is 0 Å². The maximum atomic E-state index is 12.4. The van der Waals surface area contributed by atoms with Crippen LogP contribution in [0.15, 0.2) is 47.2 Å². The predicted octanol–water partition coefficient (Wildman–Crippen LogP) is 1.84. The average Bonchev–Trinajstić information content (AvgIpc) is 3.28. The number of furan rings is 1. The summed E-state index contributed by atoms with van der Waals surface area (Å²) in [5.74, 6) is 0.837. The van der Waals surface area contributed by atoms with E-state index in [4.69, 9.17) is 14.4 Å². The molecule has 4 heterocycles. The lowest BCUT2D eigenvalue weighted by Crippen LogP contribution is -2.56. The van der Waals surface area contributed by atoms with Gasteiger partial charge in [0.15, 0.2) is 11.5 Å². The largest absolute Gasteiger partial charge is 0.471 e. The second-order valence-electron chi connectivity index (χ2n) is 5.59. The highest BCUT2D eigenvalue weighted by molar-refractivity contribution is 5.93. The third-order valence-corrected chi connectivity index (χ3v) is 3.87. The van der Waals surface area contributed by atoms with Crippen LogP contribution in [0.4, 0.5) is 0 Å². The Morgan fingerprint density at radius 3 is 3.04 bits per heavy atom. The van der Waals surface area contributed by atoms with Crippen molar-refractivity contribution in [1.29, 1.82) is 5.26 Å². The van der Waals surface area contributed by atoms with E-state index >= 15 is 0 Å². The number of hydrogen-bond acceptors (Lipinski definition) is 6. The summed E-state index contributed by atoms with van der Waals surface area (Å²) < 4.78 is 10.9. The lowest BCUT2D eigenvalue weighted by atomic mass is 10.1. The Morgan fingerprint density at radius 1 is 1.40 bits per heavy atom. The van der Waals surface area contributed by atoms with Gasteiger partial charge in [-0.2, -0.15) is 10.4 Å². The number of aromatic nitrogens is 3. The molecule has 4 rings (SSSR count). The van der Waals surface area contributed by atoms with Gasteiger partial charge in [-0.3, -0.25) is 9.89 Å². The lowest BCUT2D eigenvalue weighted by molar-refractivity contribution is 0.0155. The van der Waals surface area contributed by atoms with Crippen molar-refractivity contribution in [3.05, 3.63) is 54.0 Å². The molecule has 1 fully saturated rings. The summed E-state index contributed by atoms with van der Waals surface area (Å²) in [6.07, 6.45) is 2.94. The van der Waals surface area contributed by atoms with Crippen LogP contribution in [-0.4, -0.2) is 45.2 Å². The zero-order valence-corrected chi connectivity index (χ0v) is 13.0. The van der Waals surface area contributed by atoms with E-state index in [0.29, 0.717) is 41.7 Å². The Kier molecular flexibility index (Phi) is 3.67. The van der Waals surface area contributed by atoms with Crippen molar-refractivity contribution in [1.82, 2.24) is 20.1 Å². The Morgan fingerprint density at radius 2 is 2.28 bits per heavy atom. The standard InChI is InChI=1S/C17H13N5O3/c18-8-11-3-4-19-16(6-11)25-12-9-22(10-12)17(23)14-7-13(20-21-14)15-2-1-5-24-15/h1-7,12H,9-10H2,(H,20,21). The number of nitrogens with one attached hydrogen (secondary N) is 1. The summed E-state index contributed by atoms with van der Waals surface area (Å²) in [5, 5.41) is 15.7. The van der Waals surface area contributed by atoms with Gasteiger partial charge < -0.3 is 14.1 Å². The molecule has 1 aliphatic heterocycles. The van der Waals surface area contributed by atoms with Gasteiger partial charge in [-0.1, -0.05) is 0 Å². The number of aromatic amines is 1. The van der Waals surface area contributed by atoms with Crippen LogP contribution < -0.4 is 4.74 Å². The number of pyridine rings is 1. The maximum absolute atomic E-state index is 12.4. The number of likely N-dealkylation sites (tertiary alicyclic amines) is 1. The first kappa shape index (κ1) is 15.0. The molecule has 1 N–H and O–H groups in total. The van der Waals surface area contributed by atoms with Gasteiger partial charge in [0.25, 0.3) is 5.91 Å². The molecule has 1 aliphatic rings. The van der Waals surface area contributed by atoms with Crippen LogP contribution >= 0.6 is 0 Å². The van der Waals surface area contributed by atoms with E-state index in [-0.39, 0.29) is 12.0 Å². The highest BCUT2D eigenvalue weighted by Crippen LogP contribution is 2.21. The minimum absolute atomic E-state index is 0.145. The first-order valence-corrected chi connectivity index (χ1v) is 7.64. The summed E-state index contributed by atoms with van der Waals surface area (Å²) in [7, 11) is 0. The molecule has 3 aromatic rings. The zero-order chi connectivity index (χ0) is 17.2. The monoisotopic (exact) mass is 335 g/mol. The molecule has 124 valence electrons. The van der Waals surface area contributed by atoms with Gasteiger partial charge >= 0.3 is 0 Å². The molecule has 25 heavy (non-hydrogen) atoms. The molecule has 0 bridgehead atoms. The van der Waals surface area contributed by atoms with E-state index in [9.17, 15) is 4.79 Å². The van der Waals surface area contributed by atoms with Crippen LogP contribution in [0, 0.1) is 11.3 Å². The van der Waals surface area contributed by atoms with Crippen LogP contribution in [0.2, 0.25) is 0 Å². The number of rotatable bonds is 4. The number of carbonyl (C=O) groups is 1. The Bertz CT molecular complexity index is 935. The minimum Gasteiger partial charge on any atom is -0.471 e. The summed E-state index contributed by atoms with van der Waals surface area (Å²) in [6, 6.07) is 10.4. The SMILES string of the molecule is N#Cc1ccnc(OC2CN(C(=O)c3cc(-c4ccco4)[nH]n3)C2)c1. The van der Waals surface area contributed by atoms with E-state index in [1.54, 1.807) is 41.5 Å². The average molecular weight is 335 g/mol. The van der Waals surface area contributed by atoms with E-state index in [0.717, 1.165) is 0 Å². The van der Waals surface area contributed by atoms with Crippen molar-refractivity contribution in [3.8, 4) is 23.4 Å². The molecule has 8 nitrogen and oxygen atoms in total. The number of carbonyl (C=O) groups excluding carboxylic acids is 1. The first-order valence-electron chi connectivity index (χ1n) is 7.64. The minimum atomic E-state index is -0.173. The Hall–Kier alpha value is -3.60. The number of H-pyrrole nitrogens is 1. The third-order valence-electron chi connectivity index (χ3n) is 3.87. The van der Waals surface area contributed by atoms with Crippen LogP contribution in [0.5, 0.6) is 5.88 Å². The topological polar surface area (TPSA) is 108 Å². The summed E-state index contributed by atoms with van der Waals surface area (Å²) in [4.78, 5) is 18.1. The van der Waals surface area contributed by atoms with Crippen molar-refractivity contribution in [3.63, 3.8) is 0 Å². The second-order valence-corrected chi connectivity index (χ2v) is 5.59. The predicted molar refractivity (Wildman–Crippen MR) is 85.6 cm³/mol. The second kappa shape index (κ2) is 6.13. The lowest BCUT2D eigenvalue weighted by Gasteiger charge is -2.38. The summed E-state index contributed by atoms with van der Waals surface area (Å²) in [6.45, 7) is 0.889. The quantitative estimate of drug-likeness (QED) is 0.779. The number of amides is 1. The molecule has 0 saturated carbocycles. The Labute approximate surface area is 142 Å². The van der Waals surface area contributed by atoms with Crippen molar-refractivity contribution < 1.29 is 13.9 Å². The molecular formula is C17H13N5O3. The van der Waals surface area contributed by atoms with Gasteiger partial charge in [0.05, 0.1) is 31.0 Å². The van der Waals surface area contributed by atoms with Gasteiger partial charge in [-0.15, -0.1) is 0 Å².